The minimum atomic E-state index is -0.247. The van der Waals surface area contributed by atoms with Crippen molar-refractivity contribution in [2.24, 2.45) is 0 Å². The lowest BCUT2D eigenvalue weighted by atomic mass is 9.93. The summed E-state index contributed by atoms with van der Waals surface area (Å²) in [5, 5.41) is 18.7. The Labute approximate surface area is 182 Å². The van der Waals surface area contributed by atoms with Crippen molar-refractivity contribution in [3.05, 3.63) is 48.5 Å². The maximum atomic E-state index is 10.0. The minimum absolute atomic E-state index is 0.223. The van der Waals surface area contributed by atoms with Crippen LogP contribution in [0.3, 0.4) is 0 Å². The number of anilines is 1. The Kier molecular flexibility index (Phi) is 4.29. The molecule has 6 rings (SSSR count). The number of nitrogens with two attached hydrogens (primary N) is 1. The summed E-state index contributed by atoms with van der Waals surface area (Å²) in [6.07, 6.45) is 12.7. The number of aliphatic hydroxyl groups is 1. The van der Waals surface area contributed by atoms with Crippen LogP contribution in [0.1, 0.15) is 31.7 Å². The molecule has 8 heteroatoms. The largest absolute Gasteiger partial charge is 0.452 e. The topological polar surface area (TPSA) is 103 Å². The van der Waals surface area contributed by atoms with Crippen molar-refractivity contribution in [2.75, 3.05) is 5.73 Å². The van der Waals surface area contributed by atoms with Crippen LogP contribution in [-0.2, 0) is 0 Å². The molecular weight excluding hydrogens is 410 g/mol. The highest BCUT2D eigenvalue weighted by atomic mass is 32.1. The van der Waals surface area contributed by atoms with E-state index in [0.717, 1.165) is 63.6 Å². The van der Waals surface area contributed by atoms with Gasteiger partial charge in [0.1, 0.15) is 5.76 Å². The van der Waals surface area contributed by atoms with E-state index in [9.17, 15) is 5.11 Å². The Morgan fingerprint density at radius 1 is 1.16 bits per heavy atom. The predicted octanol–water partition coefficient (Wildman–Crippen LogP) is 5.03. The summed E-state index contributed by atoms with van der Waals surface area (Å²) in [5.74, 6) is 1.13. The van der Waals surface area contributed by atoms with Crippen LogP contribution in [0, 0.1) is 0 Å². The number of pyridine rings is 2. The third kappa shape index (κ3) is 3.10. The summed E-state index contributed by atoms with van der Waals surface area (Å²) in [7, 11) is 0. The van der Waals surface area contributed by atoms with Gasteiger partial charge in [-0.05, 0) is 37.8 Å². The molecule has 3 N–H and O–H groups in total. The van der Waals surface area contributed by atoms with Gasteiger partial charge in [0.05, 0.1) is 23.0 Å². The molecule has 0 radical (unpaired) electrons. The number of hydrogen-bond donors (Lipinski definition) is 2. The van der Waals surface area contributed by atoms with Gasteiger partial charge >= 0.3 is 0 Å². The minimum Gasteiger partial charge on any atom is -0.452 e. The Balaban J connectivity index is 1.44. The van der Waals surface area contributed by atoms with Crippen molar-refractivity contribution in [2.45, 2.75) is 37.8 Å². The maximum Gasteiger partial charge on any atom is 0.177 e. The van der Waals surface area contributed by atoms with Gasteiger partial charge in [0.25, 0.3) is 0 Å². The fourth-order valence-electron chi connectivity index (χ4n) is 4.54. The van der Waals surface area contributed by atoms with E-state index in [1.165, 1.54) is 0 Å². The van der Waals surface area contributed by atoms with Crippen molar-refractivity contribution in [3.63, 3.8) is 0 Å². The van der Waals surface area contributed by atoms with Gasteiger partial charge in [-0.1, -0.05) is 0 Å². The molecule has 1 fully saturated rings. The molecule has 1 aliphatic rings. The lowest BCUT2D eigenvalue weighted by Gasteiger charge is -2.25. The van der Waals surface area contributed by atoms with Crippen molar-refractivity contribution in [3.8, 4) is 22.5 Å². The van der Waals surface area contributed by atoms with Gasteiger partial charge in [-0.25, -0.2) is 4.98 Å². The van der Waals surface area contributed by atoms with Crippen LogP contribution in [0.5, 0.6) is 0 Å². The molecule has 31 heavy (non-hydrogen) atoms. The van der Waals surface area contributed by atoms with E-state index < -0.39 is 0 Å². The van der Waals surface area contributed by atoms with Gasteiger partial charge in [0, 0.05) is 57.6 Å². The van der Waals surface area contributed by atoms with Gasteiger partial charge in [-0.2, -0.15) is 5.10 Å². The monoisotopic (exact) mass is 431 g/mol. The van der Waals surface area contributed by atoms with Crippen molar-refractivity contribution >= 4 is 38.2 Å². The molecule has 156 valence electrons. The molecule has 5 aromatic rings. The highest BCUT2D eigenvalue weighted by Gasteiger charge is 2.23. The zero-order valence-electron chi connectivity index (χ0n) is 16.7. The summed E-state index contributed by atoms with van der Waals surface area (Å²) < 4.78 is 9.27. The summed E-state index contributed by atoms with van der Waals surface area (Å²) in [6.45, 7) is 0. The Bertz CT molecular complexity index is 1400. The normalized spacial score (nSPS) is 19.4. The number of nitrogen functional groups attached to an aromatic ring is 1. The molecule has 0 aliphatic heterocycles. The Hall–Kier alpha value is -3.23. The molecular formula is C23H21N5O2S. The molecule has 7 nitrogen and oxygen atoms in total. The van der Waals surface area contributed by atoms with Crippen molar-refractivity contribution in [1.82, 2.24) is 19.7 Å². The number of thiophene rings is 1. The van der Waals surface area contributed by atoms with Gasteiger partial charge in [-0.3, -0.25) is 9.67 Å². The maximum absolute atomic E-state index is 10.0. The lowest BCUT2D eigenvalue weighted by molar-refractivity contribution is 0.100. The zero-order chi connectivity index (χ0) is 20.9. The standard InChI is InChI=1S/C23H21N5O2S/c24-23-22-17(7-20(30-22)19-12-31-21-10-25-5-4-16(19)21)18(9-26-23)13-8-27-28(11-13)14-2-1-3-15(29)6-14/h4-5,7-12,14-15,29H,1-3,6H2,(H2,24,26)/t14-,15-/m1/s1. The third-order valence-corrected chi connectivity index (χ3v) is 7.07. The predicted molar refractivity (Wildman–Crippen MR) is 122 cm³/mol. The van der Waals surface area contributed by atoms with E-state index >= 15 is 0 Å². The van der Waals surface area contributed by atoms with E-state index in [-0.39, 0.29) is 12.1 Å². The molecule has 1 aliphatic carbocycles. The molecule has 0 amide bonds. The first-order chi connectivity index (χ1) is 15.2. The molecule has 0 saturated heterocycles. The second-order valence-electron chi connectivity index (χ2n) is 8.12. The molecule has 0 unspecified atom stereocenters. The fraction of sp³-hybridized carbons (Fsp3) is 0.261. The average Bonchev–Trinajstić information content (AvgIpc) is 3.52. The number of nitrogens with zero attached hydrogens (tertiary/aromatic N) is 4. The van der Waals surface area contributed by atoms with Crippen LogP contribution in [0.15, 0.2) is 52.9 Å². The fourth-order valence-corrected chi connectivity index (χ4v) is 5.45. The number of hydrogen-bond acceptors (Lipinski definition) is 7. The number of aliphatic hydroxyl groups excluding tert-OH is 1. The summed E-state index contributed by atoms with van der Waals surface area (Å²) in [4.78, 5) is 8.57. The van der Waals surface area contributed by atoms with E-state index in [1.54, 1.807) is 23.7 Å². The molecule has 1 saturated carbocycles. The van der Waals surface area contributed by atoms with E-state index in [0.29, 0.717) is 11.4 Å². The average molecular weight is 432 g/mol. The highest BCUT2D eigenvalue weighted by molar-refractivity contribution is 7.17. The van der Waals surface area contributed by atoms with Crippen LogP contribution < -0.4 is 5.73 Å². The highest BCUT2D eigenvalue weighted by Crippen LogP contribution is 2.40. The van der Waals surface area contributed by atoms with E-state index in [4.69, 9.17) is 10.2 Å². The number of rotatable bonds is 3. The van der Waals surface area contributed by atoms with Crippen LogP contribution in [0.4, 0.5) is 5.82 Å². The molecule has 5 aromatic heterocycles. The molecule has 5 heterocycles. The first-order valence-electron chi connectivity index (χ1n) is 10.4. The quantitative estimate of drug-likeness (QED) is 0.415. The zero-order valence-corrected chi connectivity index (χ0v) is 17.5. The van der Waals surface area contributed by atoms with Crippen LogP contribution in [0.25, 0.3) is 43.5 Å². The second-order valence-corrected chi connectivity index (χ2v) is 9.03. The lowest BCUT2D eigenvalue weighted by Crippen LogP contribution is -2.22. The van der Waals surface area contributed by atoms with E-state index in [2.05, 4.69) is 20.4 Å². The molecule has 0 bridgehead atoms. The van der Waals surface area contributed by atoms with E-state index in [1.807, 2.05) is 35.4 Å². The smallest absolute Gasteiger partial charge is 0.177 e. The van der Waals surface area contributed by atoms with Crippen LogP contribution in [0.2, 0.25) is 0 Å². The molecule has 0 aromatic carbocycles. The Morgan fingerprint density at radius 2 is 2.10 bits per heavy atom. The Morgan fingerprint density at radius 3 is 3.00 bits per heavy atom. The van der Waals surface area contributed by atoms with Crippen molar-refractivity contribution in [1.29, 1.82) is 0 Å². The number of aromatic nitrogens is 4. The van der Waals surface area contributed by atoms with Crippen LogP contribution >= 0.6 is 11.3 Å². The summed E-state index contributed by atoms with van der Waals surface area (Å²) in [6, 6.07) is 4.26. The number of furan rings is 1. The van der Waals surface area contributed by atoms with Crippen molar-refractivity contribution < 1.29 is 9.52 Å². The molecule has 0 spiro atoms. The first-order valence-corrected chi connectivity index (χ1v) is 11.3. The SMILES string of the molecule is Nc1ncc(-c2cnn([C@@H]3CCC[C@@H](O)C3)c2)c2cc(-c3csc4cnccc34)oc12. The second kappa shape index (κ2) is 7.18. The van der Waals surface area contributed by atoms with Crippen LogP contribution in [-0.4, -0.2) is 31.0 Å². The molecule has 2 atom stereocenters. The number of fused-ring (bicyclic) bond motifs is 2. The summed E-state index contributed by atoms with van der Waals surface area (Å²) in [5.41, 5.74) is 9.66. The third-order valence-electron chi connectivity index (χ3n) is 6.14. The van der Waals surface area contributed by atoms with Gasteiger partial charge in [0.2, 0.25) is 0 Å². The van der Waals surface area contributed by atoms with Gasteiger partial charge < -0.3 is 15.3 Å². The van der Waals surface area contributed by atoms with Gasteiger partial charge in [-0.15, -0.1) is 11.3 Å². The van der Waals surface area contributed by atoms with Gasteiger partial charge in [0.15, 0.2) is 11.4 Å². The first kappa shape index (κ1) is 18.5. The summed E-state index contributed by atoms with van der Waals surface area (Å²) >= 11 is 1.64.